The molecular weight excluding hydrogens is 206 g/mol. The average molecular weight is 223 g/mol. The van der Waals surface area contributed by atoms with Gasteiger partial charge >= 0.3 is 0 Å². The van der Waals surface area contributed by atoms with Gasteiger partial charge < -0.3 is 12.5 Å². The normalized spacial score (nSPS) is 9.44. The first-order chi connectivity index (χ1) is 7.07. The number of carbonyl (C=O) groups excluding carboxylic acids is 2. The van der Waals surface area contributed by atoms with Crippen molar-refractivity contribution in [2.24, 2.45) is 0 Å². The third-order valence-corrected chi connectivity index (χ3v) is 2.13. The minimum absolute atomic E-state index is 0. The van der Waals surface area contributed by atoms with E-state index in [-0.39, 0.29) is 32.1 Å². The Kier molecular flexibility index (Phi) is 5.53. The van der Waals surface area contributed by atoms with E-state index in [0.29, 0.717) is 11.4 Å². The summed E-state index contributed by atoms with van der Waals surface area (Å²) in [5.41, 5.74) is 0.883. The largest absolute Gasteiger partial charge is 0.390 e. The molecule has 0 bridgehead atoms. The topological polar surface area (TPSA) is 58.2 Å². The van der Waals surface area contributed by atoms with Crippen molar-refractivity contribution in [2.75, 3.05) is 6.61 Å². The highest BCUT2D eigenvalue weighted by molar-refractivity contribution is 5.93. The number of ketones is 2. The summed E-state index contributed by atoms with van der Waals surface area (Å²) < 4.78 is 1.55. The van der Waals surface area contributed by atoms with Crippen LogP contribution in [0, 0.1) is 7.43 Å². The van der Waals surface area contributed by atoms with Crippen molar-refractivity contribution in [2.45, 2.75) is 20.4 Å². The lowest BCUT2D eigenvalue weighted by molar-refractivity contribution is -0.701. The molecule has 0 aromatic carbocycles. The van der Waals surface area contributed by atoms with Crippen molar-refractivity contribution in [3.05, 3.63) is 37.0 Å². The molecule has 0 saturated carbocycles. The Morgan fingerprint density at radius 3 is 1.94 bits per heavy atom. The summed E-state index contributed by atoms with van der Waals surface area (Å²) in [6, 6.07) is 4.95. The molecule has 0 aliphatic rings. The fourth-order valence-corrected chi connectivity index (χ4v) is 1.50. The Balaban J connectivity index is 0.00000225. The monoisotopic (exact) mass is 223 g/mol. The zero-order chi connectivity index (χ0) is 11.4. The van der Waals surface area contributed by atoms with Crippen molar-refractivity contribution in [1.29, 1.82) is 0 Å². The number of pyridine rings is 1. The van der Waals surface area contributed by atoms with Gasteiger partial charge in [0.05, 0.1) is 0 Å². The summed E-state index contributed by atoms with van der Waals surface area (Å²) >= 11 is 0. The lowest BCUT2D eigenvalue weighted by Crippen LogP contribution is -2.46. The summed E-state index contributed by atoms with van der Waals surface area (Å²) in [5, 5.41) is 8.89. The Labute approximate surface area is 95.5 Å². The first-order valence-electron chi connectivity index (χ1n) is 4.73. The average Bonchev–Trinajstić information content (AvgIpc) is 2.17. The molecule has 0 aliphatic carbocycles. The highest BCUT2D eigenvalue weighted by Gasteiger charge is 2.21. The van der Waals surface area contributed by atoms with Crippen molar-refractivity contribution >= 4 is 11.6 Å². The van der Waals surface area contributed by atoms with Gasteiger partial charge in [0.25, 0.3) is 0 Å². The number of carbonyl (C=O) groups is 2. The minimum atomic E-state index is -0.119. The molecule has 0 aliphatic heterocycles. The standard InChI is InChI=1S/C11H14NO3.CH3/c1-8(14)10-4-3-5-11(9(2)15)12(10)6-7-13;/h3-5,13H,6-7H2,1-2H3;1H3/q+1;-1. The second kappa shape index (κ2) is 6.12. The summed E-state index contributed by atoms with van der Waals surface area (Å²) in [5.74, 6) is -0.238. The highest BCUT2D eigenvalue weighted by Crippen LogP contribution is 1.99. The maximum absolute atomic E-state index is 11.3. The number of Topliss-reactive ketones (excluding diaryl/α,β-unsaturated/α-hetero) is 2. The van der Waals surface area contributed by atoms with Gasteiger partial charge in [0.15, 0.2) is 6.54 Å². The van der Waals surface area contributed by atoms with E-state index in [1.54, 1.807) is 22.8 Å². The Bertz CT molecular complexity index is 367. The molecule has 1 heterocycles. The van der Waals surface area contributed by atoms with E-state index in [2.05, 4.69) is 0 Å². The fraction of sp³-hybridized carbons (Fsp3) is 0.333. The molecule has 1 aromatic heterocycles. The maximum Gasteiger partial charge on any atom is 0.248 e. The zero-order valence-corrected chi connectivity index (χ0v) is 9.86. The second-order valence-electron chi connectivity index (χ2n) is 3.28. The molecule has 1 aromatic rings. The number of aromatic nitrogens is 1. The molecular formula is C12H17NO3. The molecule has 1 rings (SSSR count). The van der Waals surface area contributed by atoms with Gasteiger partial charge in [0.2, 0.25) is 23.0 Å². The van der Waals surface area contributed by atoms with Crippen LogP contribution in [0.3, 0.4) is 0 Å². The number of hydrogen-bond acceptors (Lipinski definition) is 3. The summed E-state index contributed by atoms with van der Waals surface area (Å²) in [7, 11) is 0. The fourth-order valence-electron chi connectivity index (χ4n) is 1.50. The first kappa shape index (κ1) is 14.5. The number of aliphatic hydroxyl groups is 1. The molecule has 16 heavy (non-hydrogen) atoms. The molecule has 4 nitrogen and oxygen atoms in total. The zero-order valence-electron chi connectivity index (χ0n) is 9.86. The Morgan fingerprint density at radius 2 is 1.62 bits per heavy atom. The van der Waals surface area contributed by atoms with E-state index in [4.69, 9.17) is 5.11 Å². The van der Waals surface area contributed by atoms with Crippen LogP contribution in [0.1, 0.15) is 34.8 Å². The van der Waals surface area contributed by atoms with Gasteiger partial charge in [-0.25, -0.2) is 0 Å². The summed E-state index contributed by atoms with van der Waals surface area (Å²) in [6.45, 7) is 3.03. The van der Waals surface area contributed by atoms with Crippen LogP contribution in [-0.2, 0) is 6.54 Å². The molecule has 0 saturated heterocycles. The van der Waals surface area contributed by atoms with Crippen LogP contribution in [0.5, 0.6) is 0 Å². The molecule has 88 valence electrons. The van der Waals surface area contributed by atoms with Gasteiger partial charge in [-0.05, 0) is 6.07 Å². The van der Waals surface area contributed by atoms with E-state index < -0.39 is 0 Å². The van der Waals surface area contributed by atoms with Crippen LogP contribution in [0.4, 0.5) is 0 Å². The van der Waals surface area contributed by atoms with Gasteiger partial charge in [-0.3, -0.25) is 9.59 Å². The van der Waals surface area contributed by atoms with E-state index in [9.17, 15) is 9.59 Å². The minimum Gasteiger partial charge on any atom is -0.390 e. The van der Waals surface area contributed by atoms with Crippen LogP contribution in [0.2, 0.25) is 0 Å². The molecule has 4 heteroatoms. The summed E-state index contributed by atoms with van der Waals surface area (Å²) in [6.07, 6.45) is 0. The SMILES string of the molecule is CC(=O)c1cccc(C(C)=O)[n+]1CCO.[CH3-]. The van der Waals surface area contributed by atoms with Crippen molar-refractivity contribution in [3.63, 3.8) is 0 Å². The number of aliphatic hydroxyl groups excluding tert-OH is 1. The van der Waals surface area contributed by atoms with Gasteiger partial charge in [0.1, 0.15) is 6.61 Å². The third kappa shape index (κ3) is 2.97. The van der Waals surface area contributed by atoms with E-state index in [1.165, 1.54) is 13.8 Å². The van der Waals surface area contributed by atoms with Gasteiger partial charge in [-0.1, -0.05) is 0 Å². The molecule has 0 radical (unpaired) electrons. The van der Waals surface area contributed by atoms with Crippen LogP contribution < -0.4 is 4.57 Å². The van der Waals surface area contributed by atoms with Gasteiger partial charge in [-0.2, -0.15) is 4.57 Å². The third-order valence-electron chi connectivity index (χ3n) is 2.13. The van der Waals surface area contributed by atoms with Crippen LogP contribution >= 0.6 is 0 Å². The van der Waals surface area contributed by atoms with Crippen LogP contribution in [0.25, 0.3) is 0 Å². The molecule has 0 spiro atoms. The molecule has 0 fully saturated rings. The Morgan fingerprint density at radius 1 is 1.19 bits per heavy atom. The first-order valence-corrected chi connectivity index (χ1v) is 4.73. The van der Waals surface area contributed by atoms with E-state index in [0.717, 1.165) is 0 Å². The second-order valence-corrected chi connectivity index (χ2v) is 3.28. The lowest BCUT2D eigenvalue weighted by atomic mass is 10.2. The number of rotatable bonds is 4. The predicted octanol–water partition coefficient (Wildman–Crippen LogP) is 0.822. The number of nitrogens with zero attached hydrogens (tertiary/aromatic N) is 1. The van der Waals surface area contributed by atoms with Gasteiger partial charge in [0, 0.05) is 26.0 Å². The van der Waals surface area contributed by atoms with Crippen LogP contribution in [0.15, 0.2) is 18.2 Å². The van der Waals surface area contributed by atoms with Crippen molar-refractivity contribution in [1.82, 2.24) is 0 Å². The van der Waals surface area contributed by atoms with Crippen LogP contribution in [-0.4, -0.2) is 23.3 Å². The van der Waals surface area contributed by atoms with Crippen molar-refractivity contribution < 1.29 is 19.3 Å². The molecule has 0 unspecified atom stereocenters. The highest BCUT2D eigenvalue weighted by atomic mass is 16.3. The summed E-state index contributed by atoms with van der Waals surface area (Å²) in [4.78, 5) is 22.6. The quantitative estimate of drug-likeness (QED) is 0.467. The van der Waals surface area contributed by atoms with E-state index in [1.807, 2.05) is 0 Å². The van der Waals surface area contributed by atoms with Gasteiger partial charge in [-0.15, -0.1) is 0 Å². The smallest absolute Gasteiger partial charge is 0.248 e. The Hall–Kier alpha value is -1.55. The molecule has 0 amide bonds. The predicted molar refractivity (Wildman–Crippen MR) is 60.1 cm³/mol. The number of hydrogen-bond donors (Lipinski definition) is 1. The van der Waals surface area contributed by atoms with Crippen molar-refractivity contribution in [3.8, 4) is 0 Å². The lowest BCUT2D eigenvalue weighted by Gasteiger charge is -2.03. The molecule has 0 atom stereocenters. The molecule has 1 N–H and O–H groups in total. The van der Waals surface area contributed by atoms with E-state index >= 15 is 0 Å². The maximum atomic E-state index is 11.3.